The Morgan fingerprint density at radius 3 is 2.79 bits per heavy atom. The Kier molecular flexibility index (Phi) is 4.37. The van der Waals surface area contributed by atoms with E-state index in [9.17, 15) is 10.1 Å². The van der Waals surface area contributed by atoms with Gasteiger partial charge in [-0.2, -0.15) is 0 Å². The lowest BCUT2D eigenvalue weighted by molar-refractivity contribution is -0.385. The number of rotatable bonds is 3. The number of anilines is 1. The average molecular weight is 264 g/mol. The lowest BCUT2D eigenvalue weighted by Gasteiger charge is -2.19. The minimum Gasteiger partial charge on any atom is -0.382 e. The first-order valence-electron chi connectivity index (χ1n) is 6.68. The van der Waals surface area contributed by atoms with Crippen molar-refractivity contribution in [2.45, 2.75) is 39.2 Å². The molecule has 1 aromatic rings. The van der Waals surface area contributed by atoms with Gasteiger partial charge in [0.05, 0.1) is 4.92 Å². The maximum absolute atomic E-state index is 10.9. The van der Waals surface area contributed by atoms with E-state index in [4.69, 9.17) is 4.74 Å². The summed E-state index contributed by atoms with van der Waals surface area (Å²) < 4.78 is 5.44. The van der Waals surface area contributed by atoms with Gasteiger partial charge in [0, 0.05) is 36.6 Å². The van der Waals surface area contributed by atoms with E-state index in [0.717, 1.165) is 43.7 Å². The van der Waals surface area contributed by atoms with Gasteiger partial charge in [0.1, 0.15) is 0 Å². The van der Waals surface area contributed by atoms with E-state index in [0.29, 0.717) is 11.6 Å². The third-order valence-corrected chi connectivity index (χ3v) is 3.55. The molecule has 1 fully saturated rings. The Morgan fingerprint density at radius 1 is 1.26 bits per heavy atom. The molecule has 1 aromatic carbocycles. The first-order valence-corrected chi connectivity index (χ1v) is 6.68. The van der Waals surface area contributed by atoms with Crippen LogP contribution in [-0.4, -0.2) is 24.2 Å². The molecular weight excluding hydrogens is 244 g/mol. The minimum atomic E-state index is -0.328. The fourth-order valence-corrected chi connectivity index (χ4v) is 2.42. The van der Waals surface area contributed by atoms with Crippen LogP contribution in [0.5, 0.6) is 0 Å². The van der Waals surface area contributed by atoms with E-state index in [1.165, 1.54) is 0 Å². The van der Waals surface area contributed by atoms with Crippen LogP contribution in [0.3, 0.4) is 0 Å². The largest absolute Gasteiger partial charge is 0.382 e. The number of ether oxygens (including phenoxy) is 1. The fraction of sp³-hybridized carbons (Fsp3) is 0.571. The average Bonchev–Trinajstić information content (AvgIpc) is 2.61. The summed E-state index contributed by atoms with van der Waals surface area (Å²) in [6.45, 7) is 5.29. The second kappa shape index (κ2) is 6.02. The van der Waals surface area contributed by atoms with Gasteiger partial charge >= 0.3 is 0 Å². The van der Waals surface area contributed by atoms with Gasteiger partial charge in [-0.25, -0.2) is 0 Å². The van der Waals surface area contributed by atoms with Gasteiger partial charge in [0.25, 0.3) is 5.69 Å². The smallest absolute Gasteiger partial charge is 0.272 e. The molecule has 5 heteroatoms. The zero-order valence-electron chi connectivity index (χ0n) is 11.4. The van der Waals surface area contributed by atoms with Crippen LogP contribution in [0.4, 0.5) is 11.4 Å². The predicted octanol–water partition coefficient (Wildman–Crippen LogP) is 3.19. The molecule has 1 heterocycles. The highest BCUT2D eigenvalue weighted by Gasteiger charge is 2.16. The number of benzene rings is 1. The quantitative estimate of drug-likeness (QED) is 0.672. The molecule has 1 aliphatic rings. The molecule has 0 amide bonds. The van der Waals surface area contributed by atoms with Crippen LogP contribution in [-0.2, 0) is 4.74 Å². The monoisotopic (exact) mass is 264 g/mol. The number of nitrogens with zero attached hydrogens (tertiary/aromatic N) is 1. The van der Waals surface area contributed by atoms with Gasteiger partial charge in [0.15, 0.2) is 0 Å². The molecule has 1 N–H and O–H groups in total. The summed E-state index contributed by atoms with van der Waals surface area (Å²) in [5, 5.41) is 14.4. The van der Waals surface area contributed by atoms with Gasteiger partial charge < -0.3 is 10.1 Å². The van der Waals surface area contributed by atoms with Crippen LogP contribution in [0, 0.1) is 24.0 Å². The zero-order chi connectivity index (χ0) is 13.8. The maximum Gasteiger partial charge on any atom is 0.272 e. The van der Waals surface area contributed by atoms with Gasteiger partial charge in [-0.05, 0) is 44.7 Å². The van der Waals surface area contributed by atoms with Gasteiger partial charge in [-0.15, -0.1) is 0 Å². The molecule has 1 atom stereocenters. The molecule has 1 aliphatic heterocycles. The number of nitro benzene ring substituents is 1. The van der Waals surface area contributed by atoms with E-state index in [1.54, 1.807) is 13.0 Å². The number of aryl methyl sites for hydroxylation is 2. The van der Waals surface area contributed by atoms with Crippen molar-refractivity contribution >= 4 is 11.4 Å². The fourth-order valence-electron chi connectivity index (χ4n) is 2.42. The Balaban J connectivity index is 2.16. The SMILES string of the molecule is Cc1cc([N+](=O)[O-])c(C)cc1NC1CCCOCC1. The summed E-state index contributed by atoms with van der Waals surface area (Å²) >= 11 is 0. The molecule has 19 heavy (non-hydrogen) atoms. The summed E-state index contributed by atoms with van der Waals surface area (Å²) in [7, 11) is 0. The third kappa shape index (κ3) is 3.44. The van der Waals surface area contributed by atoms with E-state index in [2.05, 4.69) is 5.32 Å². The molecule has 0 saturated carbocycles. The third-order valence-electron chi connectivity index (χ3n) is 3.55. The molecular formula is C14H20N2O3. The summed E-state index contributed by atoms with van der Waals surface area (Å²) in [4.78, 5) is 10.6. The van der Waals surface area contributed by atoms with Crippen molar-refractivity contribution in [1.82, 2.24) is 0 Å². The summed E-state index contributed by atoms with van der Waals surface area (Å²) in [6.07, 6.45) is 3.12. The van der Waals surface area contributed by atoms with Crippen molar-refractivity contribution in [3.63, 3.8) is 0 Å². The molecule has 1 unspecified atom stereocenters. The lowest BCUT2D eigenvalue weighted by Crippen LogP contribution is -2.20. The van der Waals surface area contributed by atoms with E-state index in [1.807, 2.05) is 13.0 Å². The highest BCUT2D eigenvalue weighted by molar-refractivity contribution is 5.59. The van der Waals surface area contributed by atoms with Crippen molar-refractivity contribution in [1.29, 1.82) is 0 Å². The highest BCUT2D eigenvalue weighted by atomic mass is 16.6. The van der Waals surface area contributed by atoms with Crippen LogP contribution in [0.2, 0.25) is 0 Å². The molecule has 0 aromatic heterocycles. The Bertz CT molecular complexity index is 466. The van der Waals surface area contributed by atoms with Crippen molar-refractivity contribution in [3.8, 4) is 0 Å². The zero-order valence-corrected chi connectivity index (χ0v) is 11.4. The first kappa shape index (κ1) is 13.8. The molecule has 104 valence electrons. The number of nitro groups is 1. The standard InChI is InChI=1S/C14H20N2O3/c1-10-9-14(16(17)18)11(2)8-13(10)15-12-4-3-6-19-7-5-12/h8-9,12,15H,3-7H2,1-2H3. The molecule has 1 saturated heterocycles. The van der Waals surface area contributed by atoms with Crippen molar-refractivity contribution in [2.75, 3.05) is 18.5 Å². The lowest BCUT2D eigenvalue weighted by atomic mass is 10.1. The maximum atomic E-state index is 10.9. The molecule has 0 radical (unpaired) electrons. The Labute approximate surface area is 113 Å². The van der Waals surface area contributed by atoms with Crippen LogP contribution >= 0.6 is 0 Å². The summed E-state index contributed by atoms with van der Waals surface area (Å²) in [5.41, 5.74) is 2.80. The number of hydrogen-bond acceptors (Lipinski definition) is 4. The van der Waals surface area contributed by atoms with Gasteiger partial charge in [-0.3, -0.25) is 10.1 Å². The number of hydrogen-bond donors (Lipinski definition) is 1. The minimum absolute atomic E-state index is 0.187. The van der Waals surface area contributed by atoms with Crippen LogP contribution in [0.1, 0.15) is 30.4 Å². The summed E-state index contributed by atoms with van der Waals surface area (Å²) in [6, 6.07) is 3.91. The van der Waals surface area contributed by atoms with Crippen molar-refractivity contribution in [2.24, 2.45) is 0 Å². The molecule has 0 spiro atoms. The molecule has 5 nitrogen and oxygen atoms in total. The van der Waals surface area contributed by atoms with Crippen molar-refractivity contribution < 1.29 is 9.66 Å². The molecule has 0 bridgehead atoms. The van der Waals surface area contributed by atoms with Crippen LogP contribution in [0.25, 0.3) is 0 Å². The second-order valence-electron chi connectivity index (χ2n) is 5.10. The van der Waals surface area contributed by atoms with Gasteiger partial charge in [0.2, 0.25) is 0 Å². The first-order chi connectivity index (χ1) is 9.08. The van der Waals surface area contributed by atoms with Crippen LogP contribution < -0.4 is 5.32 Å². The molecule has 2 rings (SSSR count). The van der Waals surface area contributed by atoms with E-state index >= 15 is 0 Å². The van der Waals surface area contributed by atoms with Crippen LogP contribution in [0.15, 0.2) is 12.1 Å². The summed E-state index contributed by atoms with van der Waals surface area (Å²) in [5.74, 6) is 0. The van der Waals surface area contributed by atoms with E-state index < -0.39 is 0 Å². The van der Waals surface area contributed by atoms with Gasteiger partial charge in [-0.1, -0.05) is 0 Å². The highest BCUT2D eigenvalue weighted by Crippen LogP contribution is 2.27. The molecule has 0 aliphatic carbocycles. The Morgan fingerprint density at radius 2 is 2.05 bits per heavy atom. The number of nitrogens with one attached hydrogen (secondary N) is 1. The topological polar surface area (TPSA) is 64.4 Å². The normalized spacial score (nSPS) is 19.8. The predicted molar refractivity (Wildman–Crippen MR) is 74.7 cm³/mol. The van der Waals surface area contributed by atoms with Crippen molar-refractivity contribution in [3.05, 3.63) is 33.4 Å². The van der Waals surface area contributed by atoms with E-state index in [-0.39, 0.29) is 10.6 Å². The Hall–Kier alpha value is -1.62. The second-order valence-corrected chi connectivity index (χ2v) is 5.10.